The average Bonchev–Trinajstić information content (AvgIpc) is 2.50. The molecule has 1 unspecified atom stereocenters. The number of alkyl halides is 3. The van der Waals surface area contributed by atoms with Crippen molar-refractivity contribution in [2.24, 2.45) is 0 Å². The quantitative estimate of drug-likeness (QED) is 0.710. The van der Waals surface area contributed by atoms with Crippen molar-refractivity contribution >= 4 is 10.0 Å². The van der Waals surface area contributed by atoms with E-state index in [9.17, 15) is 30.4 Å². The number of nitrogens with one attached hydrogen (secondary N) is 1. The van der Waals surface area contributed by atoms with Crippen LogP contribution in [0.1, 0.15) is 16.7 Å². The maximum atomic E-state index is 13.6. The molecule has 0 aromatic heterocycles. The van der Waals surface area contributed by atoms with Crippen LogP contribution in [0.3, 0.4) is 0 Å². The number of rotatable bonds is 6. The van der Waals surface area contributed by atoms with Crippen LogP contribution in [0.4, 0.5) is 22.0 Å². The first kappa shape index (κ1) is 22.1. The Hall–Kier alpha value is -2.20. The van der Waals surface area contributed by atoms with Crippen LogP contribution in [-0.2, 0) is 10.0 Å². The number of halogens is 5. The normalized spacial score (nSPS) is 13.4. The van der Waals surface area contributed by atoms with E-state index in [1.54, 1.807) is 11.6 Å². The lowest BCUT2D eigenvalue weighted by Gasteiger charge is -2.23. The van der Waals surface area contributed by atoms with E-state index in [1.165, 1.54) is 26.0 Å². The van der Waals surface area contributed by atoms with Crippen LogP contribution in [0.25, 0.3) is 0 Å². The second-order valence-corrected chi connectivity index (χ2v) is 7.98. The average molecular weight is 423 g/mol. The highest BCUT2D eigenvalue weighted by molar-refractivity contribution is 7.89. The van der Waals surface area contributed by atoms with Crippen LogP contribution in [0.2, 0.25) is 0 Å². The third kappa shape index (κ3) is 5.20. The van der Waals surface area contributed by atoms with Gasteiger partial charge in [0.2, 0.25) is 10.0 Å². The van der Waals surface area contributed by atoms with Gasteiger partial charge in [-0.05, 0) is 44.0 Å². The molecular formula is C18H18F5NO3S. The molecule has 0 aliphatic heterocycles. The van der Waals surface area contributed by atoms with Gasteiger partial charge in [-0.15, -0.1) is 0 Å². The molecule has 0 heterocycles. The number of hydrogen-bond acceptors (Lipinski definition) is 3. The summed E-state index contributed by atoms with van der Waals surface area (Å²) in [5.74, 6) is -2.75. The molecule has 0 saturated heterocycles. The van der Waals surface area contributed by atoms with Gasteiger partial charge in [-0.1, -0.05) is 17.7 Å². The Morgan fingerprint density at radius 3 is 2.11 bits per heavy atom. The Morgan fingerprint density at radius 1 is 1.04 bits per heavy atom. The Kier molecular flexibility index (Phi) is 6.34. The summed E-state index contributed by atoms with van der Waals surface area (Å²) < 4.78 is 97.9. The Morgan fingerprint density at radius 2 is 1.61 bits per heavy atom. The van der Waals surface area contributed by atoms with Crippen molar-refractivity contribution < 1.29 is 35.1 Å². The second kappa shape index (κ2) is 8.04. The summed E-state index contributed by atoms with van der Waals surface area (Å²) in [4.78, 5) is -0.264. The SMILES string of the molecule is Cc1cc(C)c(S(=O)(=O)NC(COc2ccc(F)cc2F)C(F)(F)F)c(C)c1. The van der Waals surface area contributed by atoms with Crippen LogP contribution in [0.15, 0.2) is 35.2 Å². The Bertz CT molecular complexity index is 951. The van der Waals surface area contributed by atoms with Gasteiger partial charge in [0.15, 0.2) is 17.6 Å². The lowest BCUT2D eigenvalue weighted by atomic mass is 10.1. The van der Waals surface area contributed by atoms with Crippen LogP contribution < -0.4 is 9.46 Å². The standard InChI is InChI=1S/C18H18F5NO3S/c1-10-6-11(2)17(12(3)7-10)28(25,26)24-16(18(21,22)23)9-27-15-5-4-13(19)8-14(15)20/h4-8,16,24H,9H2,1-3H3. The molecule has 2 aromatic carbocycles. The summed E-state index contributed by atoms with van der Waals surface area (Å²) in [6.45, 7) is 3.45. The third-order valence-electron chi connectivity index (χ3n) is 3.87. The van der Waals surface area contributed by atoms with Crippen molar-refractivity contribution in [3.05, 3.63) is 58.7 Å². The van der Waals surface area contributed by atoms with Gasteiger partial charge in [0.05, 0.1) is 4.90 Å². The molecule has 0 aliphatic carbocycles. The minimum absolute atomic E-state index is 0.264. The molecule has 0 bridgehead atoms. The molecule has 2 rings (SSSR count). The smallest absolute Gasteiger partial charge is 0.408 e. The van der Waals surface area contributed by atoms with Gasteiger partial charge in [-0.2, -0.15) is 17.9 Å². The molecule has 10 heteroatoms. The van der Waals surface area contributed by atoms with Crippen LogP contribution in [-0.4, -0.2) is 27.2 Å². The number of hydrogen-bond donors (Lipinski definition) is 1. The highest BCUT2D eigenvalue weighted by Crippen LogP contribution is 2.27. The van der Waals surface area contributed by atoms with E-state index >= 15 is 0 Å². The molecule has 2 aromatic rings. The molecule has 0 amide bonds. The van der Waals surface area contributed by atoms with Crippen molar-refractivity contribution in [3.63, 3.8) is 0 Å². The Balaban J connectivity index is 2.29. The molecule has 0 radical (unpaired) electrons. The molecule has 1 atom stereocenters. The van der Waals surface area contributed by atoms with Gasteiger partial charge in [-0.25, -0.2) is 17.2 Å². The maximum Gasteiger partial charge on any atom is 0.408 e. The lowest BCUT2D eigenvalue weighted by Crippen LogP contribution is -2.49. The minimum atomic E-state index is -5.00. The van der Waals surface area contributed by atoms with E-state index in [4.69, 9.17) is 4.74 Å². The third-order valence-corrected chi connectivity index (χ3v) is 5.64. The summed E-state index contributed by atoms with van der Waals surface area (Å²) in [5, 5.41) is 0. The van der Waals surface area contributed by atoms with Crippen molar-refractivity contribution in [2.45, 2.75) is 37.9 Å². The lowest BCUT2D eigenvalue weighted by molar-refractivity contribution is -0.157. The fraction of sp³-hybridized carbons (Fsp3) is 0.333. The fourth-order valence-electron chi connectivity index (χ4n) is 2.80. The molecule has 0 spiro atoms. The van der Waals surface area contributed by atoms with Gasteiger partial charge < -0.3 is 4.74 Å². The van der Waals surface area contributed by atoms with E-state index in [1.807, 2.05) is 0 Å². The van der Waals surface area contributed by atoms with Crippen LogP contribution in [0.5, 0.6) is 5.75 Å². The van der Waals surface area contributed by atoms with E-state index in [0.717, 1.165) is 17.7 Å². The van der Waals surface area contributed by atoms with Crippen LogP contribution >= 0.6 is 0 Å². The number of sulfonamides is 1. The minimum Gasteiger partial charge on any atom is -0.488 e. The number of aryl methyl sites for hydroxylation is 3. The molecular weight excluding hydrogens is 405 g/mol. The zero-order chi connectivity index (χ0) is 21.3. The zero-order valence-electron chi connectivity index (χ0n) is 15.2. The largest absolute Gasteiger partial charge is 0.488 e. The predicted molar refractivity (Wildman–Crippen MR) is 92.7 cm³/mol. The molecule has 0 aliphatic rings. The first-order chi connectivity index (χ1) is 12.8. The predicted octanol–water partition coefficient (Wildman–Crippen LogP) is 4.18. The van der Waals surface area contributed by atoms with E-state index in [2.05, 4.69) is 0 Å². The molecule has 0 fully saturated rings. The molecule has 28 heavy (non-hydrogen) atoms. The van der Waals surface area contributed by atoms with Gasteiger partial charge in [-0.3, -0.25) is 0 Å². The van der Waals surface area contributed by atoms with Crippen molar-refractivity contribution in [2.75, 3.05) is 6.61 Å². The van der Waals surface area contributed by atoms with Crippen molar-refractivity contribution in [3.8, 4) is 5.75 Å². The monoisotopic (exact) mass is 423 g/mol. The highest BCUT2D eigenvalue weighted by atomic mass is 32.2. The van der Waals surface area contributed by atoms with Gasteiger partial charge in [0.1, 0.15) is 12.4 Å². The van der Waals surface area contributed by atoms with Crippen molar-refractivity contribution in [1.82, 2.24) is 4.72 Å². The highest BCUT2D eigenvalue weighted by Gasteiger charge is 2.43. The first-order valence-corrected chi connectivity index (χ1v) is 9.54. The van der Waals surface area contributed by atoms with Crippen LogP contribution in [0, 0.1) is 32.4 Å². The van der Waals surface area contributed by atoms with Gasteiger partial charge in [0, 0.05) is 6.07 Å². The second-order valence-electron chi connectivity index (χ2n) is 6.33. The molecule has 1 N–H and O–H groups in total. The topological polar surface area (TPSA) is 55.4 Å². The fourth-order valence-corrected chi connectivity index (χ4v) is 4.46. The van der Waals surface area contributed by atoms with Crippen molar-refractivity contribution in [1.29, 1.82) is 0 Å². The summed E-state index contributed by atoms with van der Waals surface area (Å²) in [7, 11) is -4.55. The zero-order valence-corrected chi connectivity index (χ0v) is 16.0. The van der Waals surface area contributed by atoms with Gasteiger partial charge >= 0.3 is 6.18 Å². The molecule has 4 nitrogen and oxygen atoms in total. The first-order valence-electron chi connectivity index (χ1n) is 8.06. The summed E-state index contributed by atoms with van der Waals surface area (Å²) in [6, 6.07) is 2.51. The number of benzene rings is 2. The van der Waals surface area contributed by atoms with Gasteiger partial charge in [0.25, 0.3) is 0 Å². The summed E-state index contributed by atoms with van der Waals surface area (Å²) in [6.07, 6.45) is -5.00. The maximum absolute atomic E-state index is 13.6. The number of ether oxygens (including phenoxy) is 1. The van der Waals surface area contributed by atoms with E-state index in [0.29, 0.717) is 6.07 Å². The Labute approximate surface area is 159 Å². The summed E-state index contributed by atoms with van der Waals surface area (Å²) >= 11 is 0. The molecule has 154 valence electrons. The van der Waals surface area contributed by atoms with E-state index < -0.39 is 46.2 Å². The summed E-state index contributed by atoms with van der Waals surface area (Å²) in [5.41, 5.74) is 1.34. The molecule has 0 saturated carbocycles. The van der Waals surface area contributed by atoms with E-state index in [-0.39, 0.29) is 16.0 Å².